The number of carbonyl (C=O) groups is 7. The number of guanidine groups is 1. The number of pyridine rings is 1. The van der Waals surface area contributed by atoms with Gasteiger partial charge in [-0.3, -0.25) is 48.5 Å². The van der Waals surface area contributed by atoms with Crippen LogP contribution in [0.4, 0.5) is 5.82 Å². The number of benzene rings is 2. The highest BCUT2D eigenvalue weighted by molar-refractivity contribution is 7.86. The van der Waals surface area contributed by atoms with Crippen molar-refractivity contribution in [3.63, 3.8) is 0 Å². The molecule has 1 aromatic heterocycles. The summed E-state index contributed by atoms with van der Waals surface area (Å²) in [6.07, 6.45) is 2.56. The molecule has 1 saturated heterocycles. The maximum atomic E-state index is 13.9. The lowest BCUT2D eigenvalue weighted by atomic mass is 9.99. The molecular weight excluding hydrogens is 921 g/mol. The fourth-order valence-corrected chi connectivity index (χ4v) is 7.53. The SMILES string of the molecule is CC(C)[C@H]1NC(=O)C(CCCNC2=NCCN2)NC(=O)CNC(=O)[C@@H](CC(=O)O)NC(=O)[C@@H](Cc2ccc(OCCCNC(=O)c3ccc(NN=Cc4ccccc4S(=O)(=O)O)nc3)cc2)NC1=O. The normalized spacial score (nSPS) is 19.4. The molecule has 0 bridgehead atoms. The number of nitrogens with zero attached hydrogens (tertiary/aromatic N) is 3. The second-order valence-corrected chi connectivity index (χ2v) is 17.5. The van der Waals surface area contributed by atoms with Gasteiger partial charge in [0.1, 0.15) is 40.6 Å². The first-order valence-electron chi connectivity index (χ1n) is 22.0. The summed E-state index contributed by atoms with van der Waals surface area (Å²) in [7, 11) is -4.45. The number of hydrogen-bond acceptors (Lipinski definition) is 16. The number of carboxylic acids is 1. The van der Waals surface area contributed by atoms with Gasteiger partial charge in [-0.15, -0.1) is 0 Å². The lowest BCUT2D eigenvalue weighted by Crippen LogP contribution is -2.59. The summed E-state index contributed by atoms with van der Waals surface area (Å²) in [6, 6.07) is 10.1. The molecule has 3 heterocycles. The average molecular weight is 977 g/mol. The van der Waals surface area contributed by atoms with E-state index in [1.807, 2.05) is 0 Å². The molecule has 5 rings (SSSR count). The zero-order valence-corrected chi connectivity index (χ0v) is 38.6. The molecule has 11 N–H and O–H groups in total. The lowest BCUT2D eigenvalue weighted by molar-refractivity contribution is -0.141. The molecule has 2 aromatic carbocycles. The summed E-state index contributed by atoms with van der Waals surface area (Å²) in [5.74, 6) is -4.95. The maximum Gasteiger partial charge on any atom is 0.305 e. The van der Waals surface area contributed by atoms with Gasteiger partial charge in [-0.05, 0) is 61.1 Å². The molecule has 1 fully saturated rings. The molecular formula is C44H56N12O12S. The van der Waals surface area contributed by atoms with Crippen molar-refractivity contribution < 1.29 is 56.4 Å². The van der Waals surface area contributed by atoms with Crippen molar-refractivity contribution >= 4 is 69.5 Å². The van der Waals surface area contributed by atoms with Crippen LogP contribution in [0.1, 0.15) is 61.0 Å². The molecule has 4 atom stereocenters. The van der Waals surface area contributed by atoms with Crippen LogP contribution in [0.25, 0.3) is 0 Å². The van der Waals surface area contributed by atoms with Crippen LogP contribution in [0, 0.1) is 5.92 Å². The van der Waals surface area contributed by atoms with E-state index >= 15 is 0 Å². The zero-order chi connectivity index (χ0) is 49.9. The Morgan fingerprint density at radius 1 is 0.870 bits per heavy atom. The lowest BCUT2D eigenvalue weighted by Gasteiger charge is -2.27. The van der Waals surface area contributed by atoms with Gasteiger partial charge in [0.2, 0.25) is 29.5 Å². The fourth-order valence-electron chi connectivity index (χ4n) is 6.86. The highest BCUT2D eigenvalue weighted by atomic mass is 32.2. The summed E-state index contributed by atoms with van der Waals surface area (Å²) in [6.45, 7) is 4.95. The van der Waals surface area contributed by atoms with E-state index in [1.54, 1.807) is 44.2 Å². The molecule has 2 aliphatic heterocycles. The minimum absolute atomic E-state index is 0.120. The Morgan fingerprint density at radius 2 is 1.61 bits per heavy atom. The summed E-state index contributed by atoms with van der Waals surface area (Å²) >= 11 is 0. The zero-order valence-electron chi connectivity index (χ0n) is 37.8. The van der Waals surface area contributed by atoms with Gasteiger partial charge < -0.3 is 52.4 Å². The minimum atomic E-state index is -4.45. The summed E-state index contributed by atoms with van der Waals surface area (Å²) in [5, 5.41) is 35.2. The predicted molar refractivity (Wildman–Crippen MR) is 250 cm³/mol. The van der Waals surface area contributed by atoms with Crippen molar-refractivity contribution in [2.24, 2.45) is 16.0 Å². The molecule has 0 aliphatic carbocycles. The van der Waals surface area contributed by atoms with Crippen molar-refractivity contribution in [2.75, 3.05) is 44.8 Å². The van der Waals surface area contributed by atoms with Gasteiger partial charge in [0.25, 0.3) is 16.0 Å². The topological polar surface area (TPSA) is 349 Å². The standard InChI is InChI=1S/C44H56N12O12S/c1-26(2)38-43(64)54-32(42(63)53-33(22-37(58)59)40(61)50-25-36(57)52-31(41(62)55-38)8-5-16-46-44-47-18-19-48-44)21-27-10-13-30(14-11-27)68-20-6-17-45-39(60)29-12-15-35(49-23-29)56-51-24-28-7-3-4-9-34(28)69(65,66)67/h3-4,7,9-15,23-24,26,31-33,38H,5-6,8,16-22,25H2,1-2H3,(H,45,60)(H,49,56)(H,50,61)(H,52,57)(H,53,63)(H,54,64)(H,55,62)(H,58,59)(H2,46,47,48)(H,65,66,67)/t31?,32-,33-,38-/m1/s1. The van der Waals surface area contributed by atoms with Crippen LogP contribution < -0.4 is 52.7 Å². The molecule has 370 valence electrons. The van der Waals surface area contributed by atoms with Gasteiger partial charge >= 0.3 is 5.97 Å². The Kier molecular flexibility index (Phi) is 19.3. The average Bonchev–Trinajstić information content (AvgIpc) is 3.84. The van der Waals surface area contributed by atoms with Crippen LogP contribution in [0.3, 0.4) is 0 Å². The Morgan fingerprint density at radius 3 is 2.29 bits per heavy atom. The Labute approximate surface area is 397 Å². The molecule has 3 aromatic rings. The van der Waals surface area contributed by atoms with E-state index in [1.165, 1.54) is 42.7 Å². The van der Waals surface area contributed by atoms with Gasteiger partial charge in [-0.25, -0.2) is 4.98 Å². The van der Waals surface area contributed by atoms with E-state index in [4.69, 9.17) is 4.74 Å². The van der Waals surface area contributed by atoms with Crippen LogP contribution in [0.5, 0.6) is 5.75 Å². The van der Waals surface area contributed by atoms with Crippen molar-refractivity contribution in [1.82, 2.24) is 47.5 Å². The number of nitrogens with one attached hydrogen (secondary N) is 9. The van der Waals surface area contributed by atoms with E-state index in [-0.39, 0.29) is 47.8 Å². The molecule has 0 spiro atoms. The Balaban J connectivity index is 1.16. The quantitative estimate of drug-likeness (QED) is 0.0298. The van der Waals surface area contributed by atoms with Crippen LogP contribution in [0.15, 0.2) is 81.8 Å². The van der Waals surface area contributed by atoms with Gasteiger partial charge in [-0.1, -0.05) is 44.2 Å². The van der Waals surface area contributed by atoms with Crippen molar-refractivity contribution in [1.29, 1.82) is 0 Å². The number of ether oxygens (including phenoxy) is 1. The molecule has 6 amide bonds. The van der Waals surface area contributed by atoms with Crippen LogP contribution >= 0.6 is 0 Å². The number of hydrazone groups is 1. The second-order valence-electron chi connectivity index (χ2n) is 16.1. The number of carboxylic acid groups (broad SMARTS) is 1. The minimum Gasteiger partial charge on any atom is -0.494 e. The largest absolute Gasteiger partial charge is 0.494 e. The van der Waals surface area contributed by atoms with E-state index < -0.39 is 94.6 Å². The molecule has 69 heavy (non-hydrogen) atoms. The van der Waals surface area contributed by atoms with Gasteiger partial charge in [-0.2, -0.15) is 13.5 Å². The second kappa shape index (κ2) is 25.5. The van der Waals surface area contributed by atoms with Crippen molar-refractivity contribution in [3.05, 3.63) is 83.6 Å². The summed E-state index contributed by atoms with van der Waals surface area (Å²) in [5.41, 5.74) is 3.59. The number of aliphatic carboxylic acids is 1. The van der Waals surface area contributed by atoms with Crippen LogP contribution in [-0.2, 0) is 45.3 Å². The number of hydrogen-bond donors (Lipinski definition) is 11. The molecule has 1 unspecified atom stereocenters. The summed E-state index contributed by atoms with van der Waals surface area (Å²) < 4.78 is 38.4. The van der Waals surface area contributed by atoms with E-state index in [9.17, 15) is 51.6 Å². The first-order chi connectivity index (χ1) is 33.0. The molecule has 2 aliphatic rings. The third kappa shape index (κ3) is 16.9. The summed E-state index contributed by atoms with van der Waals surface area (Å²) in [4.78, 5) is 100. The first kappa shape index (κ1) is 52.3. The number of aliphatic imine (C=N–C) groups is 1. The predicted octanol–water partition coefficient (Wildman–Crippen LogP) is -0.956. The van der Waals surface area contributed by atoms with E-state index in [2.05, 4.69) is 63.0 Å². The van der Waals surface area contributed by atoms with E-state index in [0.29, 0.717) is 49.7 Å². The maximum absolute atomic E-state index is 13.9. The third-order valence-electron chi connectivity index (χ3n) is 10.4. The molecule has 24 nitrogen and oxygen atoms in total. The number of amides is 6. The molecule has 0 saturated carbocycles. The number of carbonyl (C=O) groups excluding carboxylic acids is 6. The Hall–Kier alpha value is -7.67. The third-order valence-corrected chi connectivity index (χ3v) is 11.4. The van der Waals surface area contributed by atoms with Gasteiger partial charge in [0, 0.05) is 37.8 Å². The number of aromatic nitrogens is 1. The highest BCUT2D eigenvalue weighted by Gasteiger charge is 2.34. The van der Waals surface area contributed by atoms with Gasteiger partial charge in [0.15, 0.2) is 5.96 Å². The van der Waals surface area contributed by atoms with Crippen molar-refractivity contribution in [3.8, 4) is 5.75 Å². The molecule has 25 heteroatoms. The Bertz CT molecular complexity index is 2490. The highest BCUT2D eigenvalue weighted by Crippen LogP contribution is 2.16. The van der Waals surface area contributed by atoms with E-state index in [0.717, 1.165) is 0 Å². The smallest absolute Gasteiger partial charge is 0.305 e. The number of rotatable bonds is 19. The van der Waals surface area contributed by atoms with Gasteiger partial charge in [0.05, 0.1) is 37.9 Å². The first-order valence-corrected chi connectivity index (χ1v) is 23.4. The number of anilines is 1. The van der Waals surface area contributed by atoms with Crippen LogP contribution in [0.2, 0.25) is 0 Å². The fraction of sp³-hybridized carbons (Fsp3) is 0.409. The van der Waals surface area contributed by atoms with Crippen LogP contribution in [-0.4, -0.2) is 140 Å². The van der Waals surface area contributed by atoms with Crippen molar-refractivity contribution in [2.45, 2.75) is 75.0 Å². The monoisotopic (exact) mass is 976 g/mol. The molecule has 0 radical (unpaired) electrons.